The minimum absolute atomic E-state index is 0. The highest BCUT2D eigenvalue weighted by molar-refractivity contribution is 5.99. The summed E-state index contributed by atoms with van der Waals surface area (Å²) in [5.41, 5.74) is 2.32. The number of ether oxygens (including phenoxy) is 2. The van der Waals surface area contributed by atoms with E-state index in [0.717, 1.165) is 27.8 Å². The zero-order valence-electron chi connectivity index (χ0n) is 16.7. The average Bonchev–Trinajstić information content (AvgIpc) is 2.78. The number of ketones is 1. The second-order valence-electron chi connectivity index (χ2n) is 6.67. The van der Waals surface area contributed by atoms with Gasteiger partial charge in [-0.25, -0.2) is 4.57 Å². The fraction of sp³-hybridized carbons (Fsp3) is 0.125. The van der Waals surface area contributed by atoms with Gasteiger partial charge in [-0.2, -0.15) is 0 Å². The van der Waals surface area contributed by atoms with Gasteiger partial charge in [-0.3, -0.25) is 4.79 Å². The van der Waals surface area contributed by atoms with E-state index >= 15 is 0 Å². The molecule has 4 rings (SSSR count). The Balaban J connectivity index is 0.00000256. The van der Waals surface area contributed by atoms with E-state index in [-0.39, 0.29) is 29.3 Å². The summed E-state index contributed by atoms with van der Waals surface area (Å²) in [4.78, 5) is 17.2. The second-order valence-corrected chi connectivity index (χ2v) is 6.67. The molecule has 0 aliphatic rings. The third kappa shape index (κ3) is 4.49. The lowest BCUT2D eigenvalue weighted by molar-refractivity contribution is -0.686. The molecular formula is C24H21BrN2O3. The van der Waals surface area contributed by atoms with Gasteiger partial charge in [0.15, 0.2) is 12.2 Å². The van der Waals surface area contributed by atoms with E-state index in [2.05, 4.69) is 4.98 Å². The first-order valence-corrected chi connectivity index (χ1v) is 9.27. The average molecular weight is 465 g/mol. The molecule has 30 heavy (non-hydrogen) atoms. The van der Waals surface area contributed by atoms with Gasteiger partial charge in [-0.05, 0) is 34.0 Å². The van der Waals surface area contributed by atoms with Crippen molar-refractivity contribution in [1.29, 1.82) is 0 Å². The van der Waals surface area contributed by atoms with Crippen LogP contribution in [0.1, 0.15) is 10.4 Å². The number of carbonyl (C=O) groups excluding carboxylic acids is 1. The van der Waals surface area contributed by atoms with Gasteiger partial charge in [0.1, 0.15) is 11.5 Å². The summed E-state index contributed by atoms with van der Waals surface area (Å²) >= 11 is 0. The minimum atomic E-state index is 0. The minimum Gasteiger partial charge on any atom is -1.00 e. The number of rotatable bonds is 6. The molecule has 0 aliphatic carbocycles. The molecule has 0 spiro atoms. The summed E-state index contributed by atoms with van der Waals surface area (Å²) in [5, 5.41) is 2.18. The molecule has 0 saturated carbocycles. The molecule has 0 unspecified atom stereocenters. The van der Waals surface area contributed by atoms with Crippen LogP contribution < -0.4 is 31.0 Å². The number of carbonyl (C=O) groups is 1. The van der Waals surface area contributed by atoms with E-state index < -0.39 is 0 Å². The van der Waals surface area contributed by atoms with E-state index in [1.165, 1.54) is 0 Å². The fourth-order valence-electron chi connectivity index (χ4n) is 3.27. The SMILES string of the molecule is COc1ccc(-c2cc[n+](CC(=O)c3ccc4ccccc4c3)cn2)c(OC)c1.[Br-]. The number of benzene rings is 3. The van der Waals surface area contributed by atoms with Crippen LogP contribution in [0.2, 0.25) is 0 Å². The number of nitrogens with zero attached hydrogens (tertiary/aromatic N) is 2. The molecule has 6 heteroatoms. The summed E-state index contributed by atoms with van der Waals surface area (Å²) in [7, 11) is 3.23. The van der Waals surface area contributed by atoms with Crippen molar-refractivity contribution >= 4 is 16.6 Å². The zero-order valence-corrected chi connectivity index (χ0v) is 18.3. The molecule has 0 amide bonds. The first kappa shape index (κ1) is 21.5. The number of methoxy groups -OCH3 is 2. The number of Topliss-reactive ketones (excluding diaryl/α,β-unsaturated/α-hetero) is 1. The molecule has 3 aromatic carbocycles. The van der Waals surface area contributed by atoms with Crippen LogP contribution >= 0.6 is 0 Å². The highest BCUT2D eigenvalue weighted by Gasteiger charge is 2.15. The van der Waals surface area contributed by atoms with Crippen LogP contribution in [-0.4, -0.2) is 25.0 Å². The van der Waals surface area contributed by atoms with Crippen LogP contribution in [0.5, 0.6) is 11.5 Å². The highest BCUT2D eigenvalue weighted by atomic mass is 79.9. The summed E-state index contributed by atoms with van der Waals surface area (Å²) in [5.74, 6) is 1.44. The largest absolute Gasteiger partial charge is 1.00 e. The topological polar surface area (TPSA) is 52.3 Å². The van der Waals surface area contributed by atoms with Crippen LogP contribution in [0, 0.1) is 0 Å². The van der Waals surface area contributed by atoms with Crippen LogP contribution in [-0.2, 0) is 6.54 Å². The maximum Gasteiger partial charge on any atom is 0.287 e. The quantitative estimate of drug-likeness (QED) is 0.316. The van der Waals surface area contributed by atoms with Gasteiger partial charge >= 0.3 is 0 Å². The van der Waals surface area contributed by atoms with Crippen molar-refractivity contribution in [3.8, 4) is 22.8 Å². The first-order valence-electron chi connectivity index (χ1n) is 9.27. The van der Waals surface area contributed by atoms with Gasteiger partial charge in [-0.15, -0.1) is 0 Å². The van der Waals surface area contributed by atoms with Crippen molar-refractivity contribution < 1.29 is 35.8 Å². The summed E-state index contributed by atoms with van der Waals surface area (Å²) in [6.07, 6.45) is 3.52. The monoisotopic (exact) mass is 464 g/mol. The summed E-state index contributed by atoms with van der Waals surface area (Å²) in [6, 6.07) is 21.3. The molecule has 152 valence electrons. The van der Waals surface area contributed by atoms with Crippen LogP contribution in [0.25, 0.3) is 22.0 Å². The van der Waals surface area contributed by atoms with E-state index in [9.17, 15) is 4.79 Å². The first-order chi connectivity index (χ1) is 14.2. The van der Waals surface area contributed by atoms with Gasteiger partial charge in [0.2, 0.25) is 5.78 Å². The summed E-state index contributed by atoms with van der Waals surface area (Å²) in [6.45, 7) is 0.228. The van der Waals surface area contributed by atoms with Gasteiger partial charge < -0.3 is 26.5 Å². The Kier molecular flexibility index (Phi) is 6.79. The molecule has 0 N–H and O–H groups in total. The molecular weight excluding hydrogens is 444 g/mol. The Morgan fingerprint density at radius 1 is 0.933 bits per heavy atom. The van der Waals surface area contributed by atoms with Gasteiger partial charge in [0.25, 0.3) is 6.33 Å². The normalized spacial score (nSPS) is 10.3. The number of hydrogen-bond acceptors (Lipinski definition) is 4. The zero-order chi connectivity index (χ0) is 20.2. The lowest BCUT2D eigenvalue weighted by Crippen LogP contribution is -3.00. The molecule has 0 aliphatic heterocycles. The van der Waals surface area contributed by atoms with E-state index in [1.807, 2.05) is 72.9 Å². The molecule has 0 atom stereocenters. The Morgan fingerprint density at radius 3 is 2.43 bits per heavy atom. The van der Waals surface area contributed by atoms with E-state index in [4.69, 9.17) is 9.47 Å². The maximum atomic E-state index is 12.7. The number of aromatic nitrogens is 2. The molecule has 0 radical (unpaired) electrons. The van der Waals surface area contributed by atoms with Gasteiger partial charge in [0.05, 0.1) is 26.0 Å². The smallest absolute Gasteiger partial charge is 0.287 e. The van der Waals surface area contributed by atoms with E-state index in [1.54, 1.807) is 25.1 Å². The Hall–Kier alpha value is -3.25. The lowest BCUT2D eigenvalue weighted by Gasteiger charge is -2.08. The molecule has 5 nitrogen and oxygen atoms in total. The standard InChI is InChI=1S/C24H21N2O3.BrH/c1-28-20-9-10-21(24(14-20)29-2)22-11-12-26(16-25-22)15-23(27)19-8-7-17-5-3-4-6-18(17)13-19;/h3-14,16H,15H2,1-2H3;1H/q+1;/p-1. The predicted octanol–water partition coefficient (Wildman–Crippen LogP) is 1.09. The molecule has 1 heterocycles. The van der Waals surface area contributed by atoms with Crippen molar-refractivity contribution in [2.24, 2.45) is 0 Å². The van der Waals surface area contributed by atoms with Crippen molar-refractivity contribution in [2.45, 2.75) is 6.54 Å². The van der Waals surface area contributed by atoms with Crippen LogP contribution in [0.4, 0.5) is 0 Å². The van der Waals surface area contributed by atoms with Gasteiger partial charge in [-0.1, -0.05) is 36.4 Å². The predicted molar refractivity (Wildman–Crippen MR) is 111 cm³/mol. The van der Waals surface area contributed by atoms with Crippen molar-refractivity contribution in [3.63, 3.8) is 0 Å². The van der Waals surface area contributed by atoms with Gasteiger partial charge in [0, 0.05) is 17.7 Å². The molecule has 0 saturated heterocycles. The molecule has 0 bridgehead atoms. The molecule has 0 fully saturated rings. The Bertz CT molecular complexity index is 1180. The number of halogens is 1. The fourth-order valence-corrected chi connectivity index (χ4v) is 3.27. The maximum absolute atomic E-state index is 12.7. The lowest BCUT2D eigenvalue weighted by atomic mass is 10.0. The third-order valence-corrected chi connectivity index (χ3v) is 4.85. The van der Waals surface area contributed by atoms with Crippen molar-refractivity contribution in [2.75, 3.05) is 14.2 Å². The number of hydrogen-bond donors (Lipinski definition) is 0. The Morgan fingerprint density at radius 2 is 1.73 bits per heavy atom. The number of fused-ring (bicyclic) bond motifs is 1. The third-order valence-electron chi connectivity index (χ3n) is 4.85. The van der Waals surface area contributed by atoms with Crippen molar-refractivity contribution in [1.82, 2.24) is 4.98 Å². The summed E-state index contributed by atoms with van der Waals surface area (Å²) < 4.78 is 12.5. The Labute approximate surface area is 185 Å². The van der Waals surface area contributed by atoms with Crippen LogP contribution in [0.3, 0.4) is 0 Å². The van der Waals surface area contributed by atoms with Crippen molar-refractivity contribution in [3.05, 3.63) is 84.8 Å². The van der Waals surface area contributed by atoms with Crippen LogP contribution in [0.15, 0.2) is 79.3 Å². The van der Waals surface area contributed by atoms with E-state index in [0.29, 0.717) is 11.3 Å². The highest BCUT2D eigenvalue weighted by Crippen LogP contribution is 2.31. The molecule has 1 aromatic heterocycles. The second kappa shape index (κ2) is 9.50. The molecule has 4 aromatic rings.